The van der Waals surface area contributed by atoms with Gasteiger partial charge in [-0.3, -0.25) is 4.57 Å². The van der Waals surface area contributed by atoms with E-state index in [2.05, 4.69) is 15.3 Å². The van der Waals surface area contributed by atoms with Crippen molar-refractivity contribution in [2.45, 2.75) is 24.9 Å². The lowest BCUT2D eigenvalue weighted by atomic mass is 10.1. The standard InChI is InChI=1S/C18H15F3N4O/c1-22-16-12-7-6-11(10-4-5-10)9-14(12)25(17(26)24-16)13-3-2-8-23-15(13)18(19,20)21/h2-3,6-10H,4-5H2,1H3,(H,22,24,26). The molecule has 2 aromatic heterocycles. The Morgan fingerprint density at radius 2 is 2.00 bits per heavy atom. The Kier molecular flexibility index (Phi) is 3.71. The lowest BCUT2D eigenvalue weighted by molar-refractivity contribution is -0.141. The fraction of sp³-hybridized carbons (Fsp3) is 0.278. The number of hydrogen-bond acceptors (Lipinski definition) is 4. The second-order valence-electron chi connectivity index (χ2n) is 6.25. The van der Waals surface area contributed by atoms with Crippen molar-refractivity contribution in [1.82, 2.24) is 14.5 Å². The molecule has 0 atom stereocenters. The van der Waals surface area contributed by atoms with Crippen molar-refractivity contribution in [3.63, 3.8) is 0 Å². The molecule has 5 nitrogen and oxygen atoms in total. The number of fused-ring (bicyclic) bond motifs is 1. The van der Waals surface area contributed by atoms with E-state index >= 15 is 0 Å². The van der Waals surface area contributed by atoms with E-state index in [0.29, 0.717) is 22.6 Å². The van der Waals surface area contributed by atoms with Gasteiger partial charge < -0.3 is 5.32 Å². The molecule has 1 aliphatic rings. The maximum Gasteiger partial charge on any atom is 0.435 e. The van der Waals surface area contributed by atoms with Crippen LogP contribution in [0.4, 0.5) is 19.0 Å². The zero-order valence-corrected chi connectivity index (χ0v) is 13.8. The van der Waals surface area contributed by atoms with Crippen molar-refractivity contribution in [2.75, 3.05) is 12.4 Å². The third-order valence-corrected chi connectivity index (χ3v) is 4.50. The average Bonchev–Trinajstić information content (AvgIpc) is 3.45. The van der Waals surface area contributed by atoms with Crippen LogP contribution < -0.4 is 11.0 Å². The van der Waals surface area contributed by atoms with Crippen LogP contribution in [0.15, 0.2) is 41.3 Å². The number of aromatic nitrogens is 3. The van der Waals surface area contributed by atoms with Gasteiger partial charge in [0.1, 0.15) is 5.82 Å². The number of alkyl halides is 3. The Balaban J connectivity index is 2.09. The van der Waals surface area contributed by atoms with Gasteiger partial charge in [0.2, 0.25) is 0 Å². The fourth-order valence-electron chi connectivity index (χ4n) is 3.13. The van der Waals surface area contributed by atoms with E-state index in [0.717, 1.165) is 29.2 Å². The number of halogens is 3. The fourth-order valence-corrected chi connectivity index (χ4v) is 3.13. The second kappa shape index (κ2) is 5.82. The number of rotatable bonds is 3. The molecule has 1 aromatic carbocycles. The molecule has 1 fully saturated rings. The minimum atomic E-state index is -4.68. The number of anilines is 1. The summed E-state index contributed by atoms with van der Waals surface area (Å²) in [6.45, 7) is 0. The van der Waals surface area contributed by atoms with Gasteiger partial charge in [0.25, 0.3) is 0 Å². The minimum absolute atomic E-state index is 0.321. The predicted octanol–water partition coefficient (Wildman–Crippen LogP) is 3.72. The van der Waals surface area contributed by atoms with E-state index in [1.165, 1.54) is 12.1 Å². The van der Waals surface area contributed by atoms with Gasteiger partial charge >= 0.3 is 11.9 Å². The number of benzene rings is 1. The van der Waals surface area contributed by atoms with E-state index in [-0.39, 0.29) is 5.69 Å². The quantitative estimate of drug-likeness (QED) is 0.773. The Morgan fingerprint density at radius 3 is 2.65 bits per heavy atom. The molecule has 26 heavy (non-hydrogen) atoms. The zero-order chi connectivity index (χ0) is 18.5. The maximum absolute atomic E-state index is 13.4. The van der Waals surface area contributed by atoms with Gasteiger partial charge in [0, 0.05) is 18.6 Å². The van der Waals surface area contributed by atoms with Gasteiger partial charge in [0.15, 0.2) is 5.69 Å². The molecule has 3 aromatic rings. The topological polar surface area (TPSA) is 59.8 Å². The van der Waals surface area contributed by atoms with Crippen LogP contribution in [0.25, 0.3) is 16.6 Å². The SMILES string of the molecule is CNc1nc(=O)n(-c2cccnc2C(F)(F)F)c2cc(C3CC3)ccc12. The van der Waals surface area contributed by atoms with Crippen molar-refractivity contribution < 1.29 is 13.2 Å². The smallest absolute Gasteiger partial charge is 0.372 e. The van der Waals surface area contributed by atoms with E-state index in [4.69, 9.17) is 0 Å². The van der Waals surface area contributed by atoms with Crippen LogP contribution in [0.3, 0.4) is 0 Å². The first-order chi connectivity index (χ1) is 12.4. The summed E-state index contributed by atoms with van der Waals surface area (Å²) >= 11 is 0. The summed E-state index contributed by atoms with van der Waals surface area (Å²) in [4.78, 5) is 20.0. The largest absolute Gasteiger partial charge is 0.435 e. The van der Waals surface area contributed by atoms with Crippen LogP contribution in [-0.2, 0) is 6.18 Å². The van der Waals surface area contributed by atoms with Crippen molar-refractivity contribution in [1.29, 1.82) is 0 Å². The first kappa shape index (κ1) is 16.6. The molecule has 8 heteroatoms. The molecule has 1 saturated carbocycles. The Labute approximate surface area is 146 Å². The number of hydrogen-bond donors (Lipinski definition) is 1. The molecule has 4 rings (SSSR count). The zero-order valence-electron chi connectivity index (χ0n) is 13.8. The van der Waals surface area contributed by atoms with Gasteiger partial charge in [-0.15, -0.1) is 0 Å². The molecule has 0 radical (unpaired) electrons. The van der Waals surface area contributed by atoms with Crippen LogP contribution in [-0.4, -0.2) is 21.6 Å². The lowest BCUT2D eigenvalue weighted by Gasteiger charge is -2.17. The van der Waals surface area contributed by atoms with Crippen LogP contribution in [0.5, 0.6) is 0 Å². The molecule has 1 aliphatic carbocycles. The maximum atomic E-state index is 13.4. The van der Waals surface area contributed by atoms with Gasteiger partial charge in [0.05, 0.1) is 11.2 Å². The Bertz CT molecular complexity index is 1050. The van der Waals surface area contributed by atoms with E-state index < -0.39 is 17.6 Å². The van der Waals surface area contributed by atoms with Crippen molar-refractivity contribution in [2.24, 2.45) is 0 Å². The molecular weight excluding hydrogens is 345 g/mol. The van der Waals surface area contributed by atoms with Gasteiger partial charge in [-0.05, 0) is 48.6 Å². The normalized spacial score (nSPS) is 14.6. The summed E-state index contributed by atoms with van der Waals surface area (Å²) in [5, 5.41) is 3.41. The molecule has 0 amide bonds. The highest BCUT2D eigenvalue weighted by atomic mass is 19.4. The summed E-state index contributed by atoms with van der Waals surface area (Å²) in [5.41, 5.74) is -0.820. The summed E-state index contributed by atoms with van der Waals surface area (Å²) in [5.74, 6) is 0.728. The van der Waals surface area contributed by atoms with Crippen molar-refractivity contribution in [3.05, 3.63) is 58.3 Å². The molecule has 2 heterocycles. The third-order valence-electron chi connectivity index (χ3n) is 4.50. The first-order valence-electron chi connectivity index (χ1n) is 8.17. The number of pyridine rings is 1. The molecule has 0 aliphatic heterocycles. The van der Waals surface area contributed by atoms with E-state index in [1.807, 2.05) is 6.07 Å². The predicted molar refractivity (Wildman–Crippen MR) is 91.7 cm³/mol. The molecule has 0 saturated heterocycles. The summed E-state index contributed by atoms with van der Waals surface area (Å²) in [6.07, 6.45) is -1.54. The van der Waals surface area contributed by atoms with Gasteiger partial charge in [-0.1, -0.05) is 6.07 Å². The number of nitrogens with zero attached hydrogens (tertiary/aromatic N) is 3. The van der Waals surface area contributed by atoms with Crippen LogP contribution in [0.1, 0.15) is 30.0 Å². The van der Waals surface area contributed by atoms with E-state index in [9.17, 15) is 18.0 Å². The number of nitrogens with one attached hydrogen (secondary N) is 1. The summed E-state index contributed by atoms with van der Waals surface area (Å²) < 4.78 is 41.3. The molecule has 134 valence electrons. The first-order valence-corrected chi connectivity index (χ1v) is 8.17. The van der Waals surface area contributed by atoms with Crippen LogP contribution >= 0.6 is 0 Å². The van der Waals surface area contributed by atoms with E-state index in [1.54, 1.807) is 19.2 Å². The minimum Gasteiger partial charge on any atom is -0.372 e. The highest BCUT2D eigenvalue weighted by molar-refractivity contribution is 5.91. The Hall–Kier alpha value is -2.90. The monoisotopic (exact) mass is 360 g/mol. The summed E-state index contributed by atoms with van der Waals surface area (Å²) in [6, 6.07) is 8.12. The Morgan fingerprint density at radius 1 is 1.23 bits per heavy atom. The van der Waals surface area contributed by atoms with Gasteiger partial charge in [-0.2, -0.15) is 18.2 Å². The third kappa shape index (κ3) is 2.71. The summed E-state index contributed by atoms with van der Waals surface area (Å²) in [7, 11) is 1.62. The van der Waals surface area contributed by atoms with Crippen molar-refractivity contribution in [3.8, 4) is 5.69 Å². The van der Waals surface area contributed by atoms with Crippen LogP contribution in [0.2, 0.25) is 0 Å². The lowest BCUT2D eigenvalue weighted by Crippen LogP contribution is -2.26. The van der Waals surface area contributed by atoms with Crippen LogP contribution in [0, 0.1) is 0 Å². The van der Waals surface area contributed by atoms with Crippen molar-refractivity contribution >= 4 is 16.7 Å². The molecule has 1 N–H and O–H groups in total. The molecule has 0 unspecified atom stereocenters. The second-order valence-corrected chi connectivity index (χ2v) is 6.25. The highest BCUT2D eigenvalue weighted by Gasteiger charge is 2.36. The van der Waals surface area contributed by atoms with Gasteiger partial charge in [-0.25, -0.2) is 9.78 Å². The average molecular weight is 360 g/mol. The molecule has 0 spiro atoms. The molecular formula is C18H15F3N4O. The highest BCUT2D eigenvalue weighted by Crippen LogP contribution is 2.41. The molecule has 0 bridgehead atoms.